The number of anilines is 3. The molecule has 0 bridgehead atoms. The van der Waals surface area contributed by atoms with Crippen molar-refractivity contribution in [2.24, 2.45) is 0 Å². The second kappa shape index (κ2) is 12.0. The standard InChI is InChI=1S/C15H22N4O5.C6H8N2/c20-14(21)12-11-13(24-10-3-18-1-6-22-7-2-18)17-15(16-12)19-4-8-23-9-5-19;7-5-2-1-3-6(8)4-5/h11H,1-10H2,(H,20,21);1-4H,7-8H2. The minimum absolute atomic E-state index is 0.0622. The predicted octanol–water partition coefficient (Wildman–Crippen LogP) is 0.573. The zero-order chi connectivity index (χ0) is 22.8. The molecule has 0 aliphatic carbocycles. The second-order valence-corrected chi connectivity index (χ2v) is 7.27. The topological polar surface area (TPSA) is 149 Å². The Bertz CT molecular complexity index is 854. The maximum Gasteiger partial charge on any atom is 0.354 e. The van der Waals surface area contributed by atoms with Crippen molar-refractivity contribution in [3.05, 3.63) is 36.0 Å². The number of carbonyl (C=O) groups is 1. The number of carboxylic acids is 1. The highest BCUT2D eigenvalue weighted by molar-refractivity contribution is 5.86. The lowest BCUT2D eigenvalue weighted by molar-refractivity contribution is 0.0319. The lowest BCUT2D eigenvalue weighted by Gasteiger charge is -2.27. The van der Waals surface area contributed by atoms with Crippen molar-refractivity contribution in [3.63, 3.8) is 0 Å². The van der Waals surface area contributed by atoms with E-state index < -0.39 is 5.97 Å². The summed E-state index contributed by atoms with van der Waals surface area (Å²) >= 11 is 0. The fraction of sp³-hybridized carbons (Fsp3) is 0.476. The Balaban J connectivity index is 0.000000305. The zero-order valence-corrected chi connectivity index (χ0v) is 18.0. The van der Waals surface area contributed by atoms with Gasteiger partial charge >= 0.3 is 5.97 Å². The van der Waals surface area contributed by atoms with E-state index in [1.165, 1.54) is 6.07 Å². The molecule has 1 aromatic heterocycles. The third kappa shape index (κ3) is 7.52. The van der Waals surface area contributed by atoms with Gasteiger partial charge < -0.3 is 35.7 Å². The molecule has 32 heavy (non-hydrogen) atoms. The van der Waals surface area contributed by atoms with E-state index >= 15 is 0 Å². The number of nitrogens with two attached hydrogens (primary N) is 2. The van der Waals surface area contributed by atoms with E-state index in [-0.39, 0.29) is 11.6 Å². The Kier molecular flexibility index (Phi) is 8.84. The van der Waals surface area contributed by atoms with Crippen LogP contribution in [0, 0.1) is 0 Å². The Hall–Kier alpha value is -3.15. The average molecular weight is 447 g/mol. The number of benzene rings is 1. The lowest BCUT2D eigenvalue weighted by atomic mass is 10.3. The van der Waals surface area contributed by atoms with E-state index in [2.05, 4.69) is 14.9 Å². The van der Waals surface area contributed by atoms with Gasteiger partial charge in [-0.15, -0.1) is 0 Å². The van der Waals surface area contributed by atoms with Crippen molar-refractivity contribution in [2.75, 3.05) is 82.1 Å². The van der Waals surface area contributed by atoms with Crippen LogP contribution in [0.2, 0.25) is 0 Å². The summed E-state index contributed by atoms with van der Waals surface area (Å²) in [6.45, 7) is 6.85. The number of hydrogen-bond donors (Lipinski definition) is 3. The quantitative estimate of drug-likeness (QED) is 0.535. The van der Waals surface area contributed by atoms with Gasteiger partial charge in [-0.25, -0.2) is 9.78 Å². The van der Waals surface area contributed by atoms with Crippen LogP contribution in [-0.2, 0) is 9.47 Å². The molecule has 2 saturated heterocycles. The van der Waals surface area contributed by atoms with Crippen LogP contribution in [0.3, 0.4) is 0 Å². The summed E-state index contributed by atoms with van der Waals surface area (Å²) in [7, 11) is 0. The van der Waals surface area contributed by atoms with Crippen LogP contribution >= 0.6 is 0 Å². The summed E-state index contributed by atoms with van der Waals surface area (Å²) in [5.41, 5.74) is 12.1. The SMILES string of the molecule is Nc1cccc(N)c1.O=C(O)c1cc(OCCN2CCOCC2)nc(N2CCOCC2)n1. The Morgan fingerprint density at radius 1 is 1.00 bits per heavy atom. The monoisotopic (exact) mass is 446 g/mol. The molecule has 0 spiro atoms. The van der Waals surface area contributed by atoms with Crippen molar-refractivity contribution < 1.29 is 24.1 Å². The normalized spacial score (nSPS) is 16.7. The molecular weight excluding hydrogens is 416 g/mol. The van der Waals surface area contributed by atoms with E-state index in [4.69, 9.17) is 25.7 Å². The molecule has 1 aromatic carbocycles. The number of morpholine rings is 2. The summed E-state index contributed by atoms with van der Waals surface area (Å²) in [4.78, 5) is 23.9. The number of rotatable bonds is 6. The Morgan fingerprint density at radius 2 is 1.62 bits per heavy atom. The number of ether oxygens (including phenoxy) is 3. The molecule has 2 aliphatic rings. The van der Waals surface area contributed by atoms with Gasteiger partial charge in [-0.3, -0.25) is 4.90 Å². The molecule has 2 aromatic rings. The van der Waals surface area contributed by atoms with Gasteiger partial charge in [0.25, 0.3) is 0 Å². The van der Waals surface area contributed by atoms with E-state index in [0.29, 0.717) is 50.2 Å². The molecule has 0 unspecified atom stereocenters. The first-order chi connectivity index (χ1) is 15.5. The van der Waals surface area contributed by atoms with Crippen LogP contribution in [0.25, 0.3) is 0 Å². The van der Waals surface area contributed by atoms with Crippen molar-refractivity contribution in [1.29, 1.82) is 0 Å². The number of aromatic nitrogens is 2. The zero-order valence-electron chi connectivity index (χ0n) is 18.0. The third-order valence-electron chi connectivity index (χ3n) is 4.88. The largest absolute Gasteiger partial charge is 0.477 e. The highest BCUT2D eigenvalue weighted by Crippen LogP contribution is 2.17. The van der Waals surface area contributed by atoms with Crippen LogP contribution in [-0.4, -0.2) is 91.7 Å². The molecule has 0 saturated carbocycles. The number of nitrogen functional groups attached to an aromatic ring is 2. The van der Waals surface area contributed by atoms with Gasteiger partial charge in [0.2, 0.25) is 11.8 Å². The summed E-state index contributed by atoms with van der Waals surface area (Å²) in [5.74, 6) is -0.429. The Labute approximate surface area is 186 Å². The van der Waals surface area contributed by atoms with Crippen LogP contribution in [0.15, 0.2) is 30.3 Å². The molecule has 0 atom stereocenters. The number of aromatic carboxylic acids is 1. The summed E-state index contributed by atoms with van der Waals surface area (Å²) in [6, 6.07) is 8.52. The highest BCUT2D eigenvalue weighted by Gasteiger charge is 2.19. The van der Waals surface area contributed by atoms with Gasteiger partial charge in [0.05, 0.1) is 26.4 Å². The van der Waals surface area contributed by atoms with E-state index in [9.17, 15) is 9.90 Å². The first kappa shape index (κ1) is 23.5. The molecule has 4 rings (SSSR count). The molecule has 5 N–H and O–H groups in total. The van der Waals surface area contributed by atoms with Crippen molar-refractivity contribution in [1.82, 2.24) is 14.9 Å². The first-order valence-electron chi connectivity index (χ1n) is 10.5. The van der Waals surface area contributed by atoms with Crippen molar-refractivity contribution in [3.8, 4) is 5.88 Å². The average Bonchev–Trinajstić information content (AvgIpc) is 2.80. The van der Waals surface area contributed by atoms with Crippen molar-refractivity contribution >= 4 is 23.3 Å². The smallest absolute Gasteiger partial charge is 0.354 e. The van der Waals surface area contributed by atoms with Crippen molar-refractivity contribution in [2.45, 2.75) is 0 Å². The molecule has 11 heteroatoms. The van der Waals surface area contributed by atoms with Gasteiger partial charge in [0, 0.05) is 50.2 Å². The molecule has 11 nitrogen and oxygen atoms in total. The summed E-state index contributed by atoms with van der Waals surface area (Å²) in [5, 5.41) is 9.25. The highest BCUT2D eigenvalue weighted by atomic mass is 16.5. The molecule has 0 amide bonds. The van der Waals surface area contributed by atoms with Crippen LogP contribution < -0.4 is 21.1 Å². The fourth-order valence-electron chi connectivity index (χ4n) is 3.16. The molecule has 2 aliphatic heterocycles. The maximum absolute atomic E-state index is 11.3. The van der Waals surface area contributed by atoms with Crippen LogP contribution in [0.4, 0.5) is 17.3 Å². The number of hydrogen-bond acceptors (Lipinski definition) is 10. The molecular formula is C21H30N6O5. The molecule has 2 fully saturated rings. The molecule has 174 valence electrons. The maximum atomic E-state index is 11.3. The lowest BCUT2D eigenvalue weighted by Crippen LogP contribution is -2.39. The predicted molar refractivity (Wildman–Crippen MR) is 120 cm³/mol. The minimum Gasteiger partial charge on any atom is -0.477 e. The number of carboxylic acid groups (broad SMARTS) is 1. The Morgan fingerprint density at radius 3 is 2.19 bits per heavy atom. The van der Waals surface area contributed by atoms with Crippen LogP contribution in [0.1, 0.15) is 10.5 Å². The van der Waals surface area contributed by atoms with E-state index in [1.807, 2.05) is 11.0 Å². The second-order valence-electron chi connectivity index (χ2n) is 7.27. The van der Waals surface area contributed by atoms with Crippen LogP contribution in [0.5, 0.6) is 5.88 Å². The van der Waals surface area contributed by atoms with Gasteiger partial charge in [0.15, 0.2) is 5.69 Å². The fourth-order valence-corrected chi connectivity index (χ4v) is 3.16. The summed E-state index contributed by atoms with van der Waals surface area (Å²) < 4.78 is 16.3. The van der Waals surface area contributed by atoms with Gasteiger partial charge in [-0.1, -0.05) is 6.07 Å². The molecule has 0 radical (unpaired) electrons. The van der Waals surface area contributed by atoms with Gasteiger partial charge in [0.1, 0.15) is 6.61 Å². The third-order valence-corrected chi connectivity index (χ3v) is 4.88. The van der Waals surface area contributed by atoms with E-state index in [0.717, 1.165) is 32.8 Å². The minimum atomic E-state index is -1.09. The summed E-state index contributed by atoms with van der Waals surface area (Å²) in [6.07, 6.45) is 0. The first-order valence-corrected chi connectivity index (χ1v) is 10.5. The van der Waals surface area contributed by atoms with Gasteiger partial charge in [-0.2, -0.15) is 4.98 Å². The molecule has 3 heterocycles. The van der Waals surface area contributed by atoms with E-state index in [1.54, 1.807) is 18.2 Å². The number of nitrogens with zero attached hydrogens (tertiary/aromatic N) is 4. The van der Waals surface area contributed by atoms with Gasteiger partial charge in [-0.05, 0) is 18.2 Å².